The molecular formula is C17H38O5S. The van der Waals surface area contributed by atoms with Crippen LogP contribution in [-0.2, 0) is 10.4 Å². The second-order valence-corrected chi connectivity index (χ2v) is 7.58. The summed E-state index contributed by atoms with van der Waals surface area (Å²) in [6, 6.07) is 0. The van der Waals surface area contributed by atoms with Crippen LogP contribution in [0.25, 0.3) is 0 Å². The highest BCUT2D eigenvalue weighted by Gasteiger charge is 2.01. The molecule has 142 valence electrons. The zero-order valence-corrected chi connectivity index (χ0v) is 16.0. The Bertz CT molecular complexity index is 322. The van der Waals surface area contributed by atoms with E-state index in [0.717, 1.165) is 5.92 Å². The van der Waals surface area contributed by atoms with Crippen LogP contribution in [0.3, 0.4) is 0 Å². The number of hydrogen-bond donors (Lipinski definition) is 3. The Morgan fingerprint density at radius 1 is 0.739 bits per heavy atom. The van der Waals surface area contributed by atoms with Gasteiger partial charge in [0.25, 0.3) is 0 Å². The van der Waals surface area contributed by atoms with Crippen molar-refractivity contribution in [2.24, 2.45) is 11.8 Å². The highest BCUT2D eigenvalue weighted by molar-refractivity contribution is 7.79. The molecule has 0 heterocycles. The topological polar surface area (TPSA) is 94.8 Å². The van der Waals surface area contributed by atoms with Gasteiger partial charge < -0.3 is 5.11 Å². The van der Waals surface area contributed by atoms with Gasteiger partial charge in [-0.2, -0.15) is 8.42 Å². The summed E-state index contributed by atoms with van der Waals surface area (Å²) in [7, 11) is -4.67. The lowest BCUT2D eigenvalue weighted by Gasteiger charge is -2.10. The molecule has 0 amide bonds. The number of aliphatic hydroxyl groups excluding tert-OH is 1. The van der Waals surface area contributed by atoms with Crippen LogP contribution in [0.5, 0.6) is 0 Å². The number of aliphatic hydroxyl groups is 1. The summed E-state index contributed by atoms with van der Waals surface area (Å²) in [4.78, 5) is 0. The first-order valence-corrected chi connectivity index (χ1v) is 10.4. The lowest BCUT2D eigenvalue weighted by molar-refractivity contribution is 0.227. The Hall–Kier alpha value is -0.170. The van der Waals surface area contributed by atoms with Crippen molar-refractivity contribution in [2.45, 2.75) is 91.4 Å². The van der Waals surface area contributed by atoms with Crippen molar-refractivity contribution in [2.75, 3.05) is 6.61 Å². The van der Waals surface area contributed by atoms with Gasteiger partial charge in [-0.3, -0.25) is 9.11 Å². The average molecular weight is 355 g/mol. The predicted molar refractivity (Wildman–Crippen MR) is 96.1 cm³/mol. The van der Waals surface area contributed by atoms with Gasteiger partial charge in [0.2, 0.25) is 0 Å². The first-order chi connectivity index (χ1) is 10.7. The van der Waals surface area contributed by atoms with Crippen LogP contribution < -0.4 is 0 Å². The molecule has 2 unspecified atom stereocenters. The molecule has 0 aliphatic heterocycles. The van der Waals surface area contributed by atoms with E-state index in [1.54, 1.807) is 0 Å². The molecule has 0 saturated carbocycles. The molecule has 6 heteroatoms. The first kappa shape index (κ1) is 25.1. The Balaban J connectivity index is 0. The Morgan fingerprint density at radius 3 is 1.48 bits per heavy atom. The Labute approximate surface area is 143 Å². The standard InChI is InChI=1S/C17H36O.H2O4S/c1-4-5-12-16(2)13-10-8-6-7-9-11-14-17(3)15-18;1-5(2,3)4/h16-18H,4-15H2,1-3H3;(H2,1,2,3,4). The minimum atomic E-state index is -4.67. The van der Waals surface area contributed by atoms with Crippen molar-refractivity contribution >= 4 is 10.4 Å². The highest BCUT2D eigenvalue weighted by atomic mass is 32.3. The van der Waals surface area contributed by atoms with E-state index in [9.17, 15) is 0 Å². The van der Waals surface area contributed by atoms with Crippen LogP contribution in [0.4, 0.5) is 0 Å². The third kappa shape index (κ3) is 30.3. The van der Waals surface area contributed by atoms with E-state index in [2.05, 4.69) is 20.8 Å². The van der Waals surface area contributed by atoms with Gasteiger partial charge in [-0.25, -0.2) is 0 Å². The molecule has 0 fully saturated rings. The summed E-state index contributed by atoms with van der Waals surface area (Å²) in [5.41, 5.74) is 0. The van der Waals surface area contributed by atoms with E-state index in [0.29, 0.717) is 12.5 Å². The van der Waals surface area contributed by atoms with E-state index in [4.69, 9.17) is 22.6 Å². The summed E-state index contributed by atoms with van der Waals surface area (Å²) in [6.45, 7) is 7.18. The van der Waals surface area contributed by atoms with Gasteiger partial charge in [0.1, 0.15) is 0 Å². The lowest BCUT2D eigenvalue weighted by atomic mass is 9.96. The van der Waals surface area contributed by atoms with E-state index < -0.39 is 10.4 Å². The molecule has 0 aliphatic carbocycles. The molecule has 0 bridgehead atoms. The molecule has 0 saturated heterocycles. The minimum absolute atomic E-state index is 0.357. The molecule has 0 aromatic carbocycles. The normalized spacial score (nSPS) is 14.0. The molecule has 5 nitrogen and oxygen atoms in total. The maximum atomic E-state index is 8.92. The monoisotopic (exact) mass is 354 g/mol. The quantitative estimate of drug-likeness (QED) is 0.323. The summed E-state index contributed by atoms with van der Waals surface area (Å²) < 4.78 is 31.6. The van der Waals surface area contributed by atoms with Gasteiger partial charge in [-0.15, -0.1) is 0 Å². The van der Waals surface area contributed by atoms with E-state index in [1.807, 2.05) is 0 Å². The summed E-state index contributed by atoms with van der Waals surface area (Å²) in [6.07, 6.45) is 15.1. The number of unbranched alkanes of at least 4 members (excludes halogenated alkanes) is 6. The smallest absolute Gasteiger partial charge is 0.394 e. The first-order valence-electron chi connectivity index (χ1n) is 9.01. The highest BCUT2D eigenvalue weighted by Crippen LogP contribution is 2.17. The van der Waals surface area contributed by atoms with Gasteiger partial charge in [0.15, 0.2) is 0 Å². The fourth-order valence-electron chi connectivity index (χ4n) is 2.48. The number of rotatable bonds is 13. The van der Waals surface area contributed by atoms with Crippen molar-refractivity contribution in [1.29, 1.82) is 0 Å². The SMILES string of the molecule is CCCCC(C)CCCCCCCCC(C)CO.O=S(=O)(O)O. The molecular weight excluding hydrogens is 316 g/mol. The Kier molecular flexibility index (Phi) is 18.2. The average Bonchev–Trinajstić information content (AvgIpc) is 2.45. The van der Waals surface area contributed by atoms with Gasteiger partial charge >= 0.3 is 10.4 Å². The number of hydrogen-bond acceptors (Lipinski definition) is 3. The maximum Gasteiger partial charge on any atom is 0.394 e. The third-order valence-electron chi connectivity index (χ3n) is 4.01. The van der Waals surface area contributed by atoms with Crippen molar-refractivity contribution in [3.8, 4) is 0 Å². The van der Waals surface area contributed by atoms with Crippen LogP contribution in [-0.4, -0.2) is 29.2 Å². The molecule has 3 N–H and O–H groups in total. The third-order valence-corrected chi connectivity index (χ3v) is 4.01. The van der Waals surface area contributed by atoms with Gasteiger partial charge in [0, 0.05) is 6.61 Å². The predicted octanol–water partition coefficient (Wildman–Crippen LogP) is 4.91. The minimum Gasteiger partial charge on any atom is -0.396 e. The Morgan fingerprint density at radius 2 is 1.09 bits per heavy atom. The molecule has 23 heavy (non-hydrogen) atoms. The zero-order chi connectivity index (χ0) is 18.1. The van der Waals surface area contributed by atoms with Crippen LogP contribution in [0.15, 0.2) is 0 Å². The molecule has 0 spiro atoms. The molecule has 0 aromatic rings. The van der Waals surface area contributed by atoms with Crippen molar-refractivity contribution < 1.29 is 22.6 Å². The molecule has 0 rings (SSSR count). The fraction of sp³-hybridized carbons (Fsp3) is 1.00. The largest absolute Gasteiger partial charge is 0.396 e. The van der Waals surface area contributed by atoms with Crippen LogP contribution in [0.1, 0.15) is 91.4 Å². The van der Waals surface area contributed by atoms with E-state index >= 15 is 0 Å². The van der Waals surface area contributed by atoms with Crippen LogP contribution >= 0.6 is 0 Å². The van der Waals surface area contributed by atoms with Gasteiger partial charge in [0.05, 0.1) is 0 Å². The zero-order valence-electron chi connectivity index (χ0n) is 15.2. The van der Waals surface area contributed by atoms with Gasteiger partial charge in [-0.1, -0.05) is 85.0 Å². The molecule has 0 aromatic heterocycles. The second kappa shape index (κ2) is 16.7. The molecule has 0 aliphatic rings. The van der Waals surface area contributed by atoms with Crippen molar-refractivity contribution in [1.82, 2.24) is 0 Å². The van der Waals surface area contributed by atoms with Crippen molar-refractivity contribution in [3.05, 3.63) is 0 Å². The summed E-state index contributed by atoms with van der Waals surface area (Å²) >= 11 is 0. The molecule has 0 radical (unpaired) electrons. The summed E-state index contributed by atoms with van der Waals surface area (Å²) in [5.74, 6) is 1.44. The second-order valence-electron chi connectivity index (χ2n) is 6.68. The van der Waals surface area contributed by atoms with Crippen LogP contribution in [0.2, 0.25) is 0 Å². The van der Waals surface area contributed by atoms with Gasteiger partial charge in [-0.05, 0) is 18.3 Å². The van der Waals surface area contributed by atoms with Crippen molar-refractivity contribution in [3.63, 3.8) is 0 Å². The summed E-state index contributed by atoms with van der Waals surface area (Å²) in [5, 5.41) is 8.92. The lowest BCUT2D eigenvalue weighted by Crippen LogP contribution is -1.99. The van der Waals surface area contributed by atoms with Crippen LogP contribution in [0, 0.1) is 11.8 Å². The molecule has 2 atom stereocenters. The van der Waals surface area contributed by atoms with E-state index in [1.165, 1.54) is 70.6 Å². The van der Waals surface area contributed by atoms with E-state index in [-0.39, 0.29) is 0 Å². The fourth-order valence-corrected chi connectivity index (χ4v) is 2.48. The maximum absolute atomic E-state index is 8.92.